The van der Waals surface area contributed by atoms with E-state index in [0.29, 0.717) is 22.3 Å². The van der Waals surface area contributed by atoms with Gasteiger partial charge in [0.2, 0.25) is 0 Å². The standard InChI is InChI=1S/C21H21FN8O2/c1-11(2)21(31)32-29-16-17(23)26-19(27-18(16)24)15-13-7-5-9-25-20(13)30(28-15)10-12-6-3-4-8-14(12)22/h3-9,11,29H,10H2,1-2H3,(H4,23,24,26,27). The molecule has 164 valence electrons. The molecule has 0 aliphatic rings. The van der Waals surface area contributed by atoms with Gasteiger partial charge in [0.05, 0.1) is 17.8 Å². The zero-order valence-corrected chi connectivity index (χ0v) is 17.4. The minimum atomic E-state index is -0.489. The topological polar surface area (TPSA) is 147 Å². The molecule has 3 heterocycles. The van der Waals surface area contributed by atoms with E-state index in [1.807, 2.05) is 0 Å². The van der Waals surface area contributed by atoms with Gasteiger partial charge in [0.15, 0.2) is 28.8 Å². The zero-order valence-electron chi connectivity index (χ0n) is 17.4. The van der Waals surface area contributed by atoms with E-state index in [-0.39, 0.29) is 41.4 Å². The number of rotatable bonds is 6. The molecule has 0 radical (unpaired) electrons. The second-order valence-corrected chi connectivity index (χ2v) is 7.34. The van der Waals surface area contributed by atoms with Crippen LogP contribution in [0.1, 0.15) is 19.4 Å². The fourth-order valence-corrected chi connectivity index (χ4v) is 3.00. The summed E-state index contributed by atoms with van der Waals surface area (Å²) in [7, 11) is 0. The van der Waals surface area contributed by atoms with Gasteiger partial charge in [-0.3, -0.25) is 0 Å². The second kappa shape index (κ2) is 8.46. The summed E-state index contributed by atoms with van der Waals surface area (Å²) in [6.45, 7) is 3.54. The maximum atomic E-state index is 14.2. The van der Waals surface area contributed by atoms with Crippen LogP contribution >= 0.6 is 0 Å². The SMILES string of the molecule is CC(C)C(=O)ONc1c(N)nc(-c2nn(Cc3ccccc3F)c3ncccc23)nc1N. The Morgan fingerprint density at radius 3 is 2.56 bits per heavy atom. The molecular weight excluding hydrogens is 415 g/mol. The summed E-state index contributed by atoms with van der Waals surface area (Å²) in [5.41, 5.74) is 15.9. The molecule has 0 fully saturated rings. The van der Waals surface area contributed by atoms with E-state index in [1.165, 1.54) is 6.07 Å². The Morgan fingerprint density at radius 1 is 1.16 bits per heavy atom. The first-order chi connectivity index (χ1) is 15.3. The third kappa shape index (κ3) is 4.00. The number of anilines is 3. The molecule has 1 aromatic carbocycles. The third-order valence-corrected chi connectivity index (χ3v) is 4.69. The number of carbonyl (C=O) groups is 1. The van der Waals surface area contributed by atoms with Crippen molar-refractivity contribution in [1.82, 2.24) is 24.7 Å². The number of nitrogens with two attached hydrogens (primary N) is 2. The predicted octanol–water partition coefficient (Wildman–Crippen LogP) is 2.77. The number of fused-ring (bicyclic) bond motifs is 1. The Labute approximate surface area is 182 Å². The summed E-state index contributed by atoms with van der Waals surface area (Å²) < 4.78 is 15.7. The number of carbonyl (C=O) groups excluding carboxylic acids is 1. The molecule has 0 saturated carbocycles. The van der Waals surface area contributed by atoms with E-state index in [4.69, 9.17) is 16.3 Å². The van der Waals surface area contributed by atoms with E-state index in [0.717, 1.165) is 0 Å². The minimum absolute atomic E-state index is 0.0234. The first kappa shape index (κ1) is 21.0. The Kier molecular flexibility index (Phi) is 5.54. The Morgan fingerprint density at radius 2 is 1.88 bits per heavy atom. The van der Waals surface area contributed by atoms with Crippen LogP contribution in [0.4, 0.5) is 21.7 Å². The average molecular weight is 436 g/mol. The molecule has 10 nitrogen and oxygen atoms in total. The smallest absolute Gasteiger partial charge is 0.334 e. The number of hydrogen-bond acceptors (Lipinski definition) is 9. The summed E-state index contributed by atoms with van der Waals surface area (Å²) in [6, 6.07) is 9.98. The number of nitrogen functional groups attached to an aromatic ring is 2. The molecule has 0 bridgehead atoms. The van der Waals surface area contributed by atoms with Crippen molar-refractivity contribution in [3.05, 3.63) is 54.0 Å². The van der Waals surface area contributed by atoms with Crippen molar-refractivity contribution in [3.8, 4) is 11.5 Å². The lowest BCUT2D eigenvalue weighted by atomic mass is 10.2. The molecule has 4 rings (SSSR count). The largest absolute Gasteiger partial charge is 0.382 e. The van der Waals surface area contributed by atoms with Gasteiger partial charge in [0.1, 0.15) is 11.5 Å². The molecule has 0 amide bonds. The quantitative estimate of drug-likeness (QED) is 0.388. The van der Waals surface area contributed by atoms with Gasteiger partial charge in [-0.1, -0.05) is 32.0 Å². The van der Waals surface area contributed by atoms with Crippen LogP contribution in [0.15, 0.2) is 42.6 Å². The van der Waals surface area contributed by atoms with Crippen molar-refractivity contribution in [2.45, 2.75) is 20.4 Å². The molecule has 4 aromatic rings. The van der Waals surface area contributed by atoms with E-state index < -0.39 is 5.97 Å². The Balaban J connectivity index is 1.72. The monoisotopic (exact) mass is 436 g/mol. The van der Waals surface area contributed by atoms with E-state index in [2.05, 4.69) is 25.5 Å². The first-order valence-electron chi connectivity index (χ1n) is 9.80. The zero-order chi connectivity index (χ0) is 22.8. The summed E-state index contributed by atoms with van der Waals surface area (Å²) in [6.07, 6.45) is 1.62. The first-order valence-corrected chi connectivity index (χ1v) is 9.80. The maximum Gasteiger partial charge on any atom is 0.334 e. The number of aromatic nitrogens is 5. The van der Waals surface area contributed by atoms with Crippen molar-refractivity contribution in [2.75, 3.05) is 16.9 Å². The van der Waals surface area contributed by atoms with Crippen LogP contribution in [0.2, 0.25) is 0 Å². The number of hydrogen-bond donors (Lipinski definition) is 3. The van der Waals surface area contributed by atoms with Gasteiger partial charge in [0.25, 0.3) is 0 Å². The van der Waals surface area contributed by atoms with E-state index in [9.17, 15) is 9.18 Å². The molecule has 0 unspecified atom stereocenters. The Bertz CT molecular complexity index is 1280. The van der Waals surface area contributed by atoms with Gasteiger partial charge in [0, 0.05) is 11.8 Å². The van der Waals surface area contributed by atoms with Gasteiger partial charge >= 0.3 is 5.97 Å². The fourth-order valence-electron chi connectivity index (χ4n) is 3.00. The number of nitrogens with zero attached hydrogens (tertiary/aromatic N) is 5. The normalized spacial score (nSPS) is 11.1. The number of nitrogens with one attached hydrogen (secondary N) is 1. The van der Waals surface area contributed by atoms with Crippen molar-refractivity contribution in [2.24, 2.45) is 5.92 Å². The highest BCUT2D eigenvalue weighted by Gasteiger charge is 2.20. The van der Waals surface area contributed by atoms with Crippen molar-refractivity contribution >= 4 is 34.3 Å². The molecular formula is C21H21FN8O2. The maximum absolute atomic E-state index is 14.2. The summed E-state index contributed by atoms with van der Waals surface area (Å²) >= 11 is 0. The lowest BCUT2D eigenvalue weighted by Crippen LogP contribution is -2.18. The van der Waals surface area contributed by atoms with E-state index in [1.54, 1.807) is 55.1 Å². The van der Waals surface area contributed by atoms with Gasteiger partial charge in [-0.25, -0.2) is 34.3 Å². The molecule has 0 spiro atoms. The molecule has 0 saturated heterocycles. The third-order valence-electron chi connectivity index (χ3n) is 4.69. The summed E-state index contributed by atoms with van der Waals surface area (Å²) in [5, 5.41) is 5.20. The van der Waals surface area contributed by atoms with Crippen LogP contribution in [-0.4, -0.2) is 30.7 Å². The highest BCUT2D eigenvalue weighted by molar-refractivity contribution is 5.90. The van der Waals surface area contributed by atoms with Gasteiger partial charge in [-0.05, 0) is 18.2 Å². The van der Waals surface area contributed by atoms with Gasteiger partial charge in [-0.2, -0.15) is 5.10 Å². The van der Waals surface area contributed by atoms with Crippen molar-refractivity contribution < 1.29 is 14.0 Å². The molecule has 5 N–H and O–H groups in total. The lowest BCUT2D eigenvalue weighted by Gasteiger charge is -2.12. The minimum Gasteiger partial charge on any atom is -0.382 e. The fraction of sp³-hybridized carbons (Fsp3) is 0.190. The van der Waals surface area contributed by atoms with Crippen LogP contribution in [-0.2, 0) is 16.2 Å². The highest BCUT2D eigenvalue weighted by atomic mass is 19.1. The molecule has 11 heteroatoms. The Hall–Kier alpha value is -4.28. The predicted molar refractivity (Wildman–Crippen MR) is 117 cm³/mol. The van der Waals surface area contributed by atoms with Crippen LogP contribution in [0, 0.1) is 11.7 Å². The van der Waals surface area contributed by atoms with Crippen LogP contribution in [0.3, 0.4) is 0 Å². The van der Waals surface area contributed by atoms with Gasteiger partial charge < -0.3 is 16.3 Å². The lowest BCUT2D eigenvalue weighted by molar-refractivity contribution is -0.144. The second-order valence-electron chi connectivity index (χ2n) is 7.34. The van der Waals surface area contributed by atoms with Crippen LogP contribution in [0.5, 0.6) is 0 Å². The summed E-state index contributed by atoms with van der Waals surface area (Å²) in [4.78, 5) is 29.6. The van der Waals surface area contributed by atoms with Crippen LogP contribution in [0.25, 0.3) is 22.6 Å². The molecule has 0 aliphatic heterocycles. The number of halogens is 1. The number of benzene rings is 1. The molecule has 32 heavy (non-hydrogen) atoms. The average Bonchev–Trinajstić information content (AvgIpc) is 3.13. The molecule has 0 atom stereocenters. The van der Waals surface area contributed by atoms with E-state index >= 15 is 0 Å². The highest BCUT2D eigenvalue weighted by Crippen LogP contribution is 2.30. The van der Waals surface area contributed by atoms with Crippen molar-refractivity contribution in [3.63, 3.8) is 0 Å². The van der Waals surface area contributed by atoms with Gasteiger partial charge in [-0.15, -0.1) is 0 Å². The van der Waals surface area contributed by atoms with Crippen molar-refractivity contribution in [1.29, 1.82) is 0 Å². The summed E-state index contributed by atoms with van der Waals surface area (Å²) in [5.74, 6) is -1.07. The number of pyridine rings is 1. The molecule has 3 aromatic heterocycles. The van der Waals surface area contributed by atoms with Crippen LogP contribution < -0.4 is 16.9 Å². The molecule has 0 aliphatic carbocycles.